The van der Waals surface area contributed by atoms with Gasteiger partial charge in [-0.05, 0) is 43.5 Å². The van der Waals surface area contributed by atoms with Crippen molar-refractivity contribution in [3.05, 3.63) is 76.4 Å². The lowest BCUT2D eigenvalue weighted by molar-refractivity contribution is 0.723. The van der Waals surface area contributed by atoms with Crippen LogP contribution in [0.15, 0.2) is 59.6 Å². The molecule has 4 N–H and O–H groups in total. The second-order valence-electron chi connectivity index (χ2n) is 6.88. The standard InChI is InChI=1S/C23H26ClN7/c1-2-27-23(29-16-17-9-6-7-12-20(17)24)28-14-8-13-21-19(15-25)22(26)31(30-21)18-10-4-3-5-11-18/h3-7,9-12H,2,8,13-14,16,26H2,1H3,(H2,27,28,29). The smallest absolute Gasteiger partial charge is 0.191 e. The summed E-state index contributed by atoms with van der Waals surface area (Å²) in [4.78, 5) is 4.60. The molecule has 0 amide bonds. The average molecular weight is 436 g/mol. The lowest BCUT2D eigenvalue weighted by atomic mass is 10.1. The van der Waals surface area contributed by atoms with E-state index in [-0.39, 0.29) is 0 Å². The Hall–Kier alpha value is -3.50. The molecule has 31 heavy (non-hydrogen) atoms. The number of hydrogen-bond acceptors (Lipinski definition) is 4. The average Bonchev–Trinajstić information content (AvgIpc) is 3.11. The molecule has 0 aliphatic carbocycles. The first-order valence-electron chi connectivity index (χ1n) is 10.2. The third-order valence-electron chi connectivity index (χ3n) is 4.70. The van der Waals surface area contributed by atoms with Crippen molar-refractivity contribution in [1.29, 1.82) is 5.26 Å². The fraction of sp³-hybridized carbons (Fsp3) is 0.261. The highest BCUT2D eigenvalue weighted by molar-refractivity contribution is 6.31. The Morgan fingerprint density at radius 3 is 2.61 bits per heavy atom. The first-order chi connectivity index (χ1) is 15.1. The minimum atomic E-state index is 0.367. The number of aromatic nitrogens is 2. The quantitative estimate of drug-likeness (QED) is 0.284. The van der Waals surface area contributed by atoms with Gasteiger partial charge in [-0.15, -0.1) is 0 Å². The van der Waals surface area contributed by atoms with Gasteiger partial charge >= 0.3 is 0 Å². The number of nitrogens with two attached hydrogens (primary N) is 1. The van der Waals surface area contributed by atoms with Gasteiger partial charge in [0.15, 0.2) is 5.96 Å². The molecule has 1 aromatic heterocycles. The van der Waals surface area contributed by atoms with Crippen LogP contribution in [-0.2, 0) is 13.0 Å². The van der Waals surface area contributed by atoms with E-state index in [4.69, 9.17) is 17.3 Å². The molecule has 3 aromatic rings. The van der Waals surface area contributed by atoms with Gasteiger partial charge in [0, 0.05) is 18.1 Å². The van der Waals surface area contributed by atoms with Crippen molar-refractivity contribution < 1.29 is 0 Å². The van der Waals surface area contributed by atoms with Crippen LogP contribution in [0.2, 0.25) is 5.02 Å². The van der Waals surface area contributed by atoms with Crippen molar-refractivity contribution >= 4 is 23.4 Å². The zero-order valence-electron chi connectivity index (χ0n) is 17.5. The Balaban J connectivity index is 1.60. The predicted molar refractivity (Wildman–Crippen MR) is 125 cm³/mol. The molecule has 0 unspecified atom stereocenters. The lowest BCUT2D eigenvalue weighted by Crippen LogP contribution is -2.37. The van der Waals surface area contributed by atoms with Crippen LogP contribution in [0.1, 0.15) is 30.2 Å². The first-order valence-corrected chi connectivity index (χ1v) is 10.6. The van der Waals surface area contributed by atoms with Crippen LogP contribution in [0.25, 0.3) is 5.69 Å². The monoisotopic (exact) mass is 435 g/mol. The summed E-state index contributed by atoms with van der Waals surface area (Å²) in [5.74, 6) is 1.09. The number of rotatable bonds is 8. The molecule has 0 saturated carbocycles. The molecular formula is C23H26ClN7. The van der Waals surface area contributed by atoms with E-state index < -0.39 is 0 Å². The number of aryl methyl sites for hydroxylation is 1. The van der Waals surface area contributed by atoms with Gasteiger partial charge in [0.1, 0.15) is 17.5 Å². The summed E-state index contributed by atoms with van der Waals surface area (Å²) in [5.41, 5.74) is 9.11. The largest absolute Gasteiger partial charge is 0.382 e. The molecule has 0 aliphatic heterocycles. The van der Waals surface area contributed by atoms with Crippen LogP contribution >= 0.6 is 11.6 Å². The Morgan fingerprint density at radius 2 is 1.90 bits per heavy atom. The Labute approximate surface area is 187 Å². The summed E-state index contributed by atoms with van der Waals surface area (Å²) < 4.78 is 1.62. The minimum absolute atomic E-state index is 0.367. The molecule has 0 bridgehead atoms. The minimum Gasteiger partial charge on any atom is -0.382 e. The number of benzene rings is 2. The molecule has 3 rings (SSSR count). The summed E-state index contributed by atoms with van der Waals surface area (Å²) in [6.07, 6.45) is 1.40. The number of hydrogen-bond donors (Lipinski definition) is 3. The fourth-order valence-corrected chi connectivity index (χ4v) is 3.33. The number of nitrogens with one attached hydrogen (secondary N) is 2. The molecular weight excluding hydrogens is 410 g/mol. The number of halogens is 1. The highest BCUT2D eigenvalue weighted by Gasteiger charge is 2.16. The second-order valence-corrected chi connectivity index (χ2v) is 7.29. The molecule has 160 valence electrons. The van der Waals surface area contributed by atoms with E-state index in [1.807, 2.05) is 61.5 Å². The van der Waals surface area contributed by atoms with E-state index in [1.54, 1.807) is 4.68 Å². The summed E-state index contributed by atoms with van der Waals surface area (Å²) in [7, 11) is 0. The van der Waals surface area contributed by atoms with Crippen molar-refractivity contribution in [3.63, 3.8) is 0 Å². The van der Waals surface area contributed by atoms with Gasteiger partial charge in [0.2, 0.25) is 0 Å². The maximum absolute atomic E-state index is 9.54. The van der Waals surface area contributed by atoms with Crippen LogP contribution in [0.4, 0.5) is 5.82 Å². The van der Waals surface area contributed by atoms with Gasteiger partial charge in [0.05, 0.1) is 17.9 Å². The van der Waals surface area contributed by atoms with Gasteiger partial charge in [-0.1, -0.05) is 48.0 Å². The van der Waals surface area contributed by atoms with Gasteiger partial charge < -0.3 is 16.4 Å². The van der Waals surface area contributed by atoms with E-state index >= 15 is 0 Å². The summed E-state index contributed by atoms with van der Waals surface area (Å²) in [6, 6.07) is 19.4. The normalized spacial score (nSPS) is 11.2. The Bertz CT molecular complexity index is 1070. The number of anilines is 1. The van der Waals surface area contributed by atoms with E-state index in [1.165, 1.54) is 0 Å². The number of guanidine groups is 1. The van der Waals surface area contributed by atoms with E-state index in [0.717, 1.165) is 30.2 Å². The number of nitriles is 1. The summed E-state index contributed by atoms with van der Waals surface area (Å²) in [5, 5.41) is 21.4. The molecule has 7 nitrogen and oxygen atoms in total. The molecule has 2 aromatic carbocycles. The molecule has 0 atom stereocenters. The van der Waals surface area contributed by atoms with Gasteiger partial charge in [-0.3, -0.25) is 0 Å². The highest BCUT2D eigenvalue weighted by atomic mass is 35.5. The van der Waals surface area contributed by atoms with Crippen LogP contribution in [-0.4, -0.2) is 28.8 Å². The topological polar surface area (TPSA) is 104 Å². The zero-order valence-corrected chi connectivity index (χ0v) is 18.2. The number of aliphatic imine (C=N–C) groups is 1. The third-order valence-corrected chi connectivity index (χ3v) is 5.07. The molecule has 0 aliphatic rings. The van der Waals surface area contributed by atoms with Gasteiger partial charge in [-0.25, -0.2) is 9.67 Å². The molecule has 8 heteroatoms. The van der Waals surface area contributed by atoms with E-state index in [2.05, 4.69) is 26.8 Å². The van der Waals surface area contributed by atoms with Crippen LogP contribution < -0.4 is 16.4 Å². The summed E-state index contributed by atoms with van der Waals surface area (Å²) in [6.45, 7) is 3.94. The van der Waals surface area contributed by atoms with Crippen molar-refractivity contribution in [2.75, 3.05) is 18.8 Å². The zero-order chi connectivity index (χ0) is 22.1. The second kappa shape index (κ2) is 11.0. The Morgan fingerprint density at radius 1 is 1.16 bits per heavy atom. The van der Waals surface area contributed by atoms with E-state index in [9.17, 15) is 5.26 Å². The predicted octanol–water partition coefficient (Wildman–Crippen LogP) is 3.67. The van der Waals surface area contributed by atoms with Crippen molar-refractivity contribution in [2.24, 2.45) is 4.99 Å². The molecule has 1 heterocycles. The Kier molecular flexibility index (Phi) is 7.91. The van der Waals surface area contributed by atoms with Crippen molar-refractivity contribution in [3.8, 4) is 11.8 Å². The number of nitrogen functional groups attached to an aromatic ring is 1. The van der Waals surface area contributed by atoms with Gasteiger partial charge in [0.25, 0.3) is 0 Å². The van der Waals surface area contributed by atoms with Crippen LogP contribution in [0.3, 0.4) is 0 Å². The highest BCUT2D eigenvalue weighted by Crippen LogP contribution is 2.21. The fourth-order valence-electron chi connectivity index (χ4n) is 3.14. The van der Waals surface area contributed by atoms with E-state index in [0.29, 0.717) is 41.6 Å². The number of nitrogens with zero attached hydrogens (tertiary/aromatic N) is 4. The van der Waals surface area contributed by atoms with Crippen molar-refractivity contribution in [1.82, 2.24) is 20.4 Å². The molecule has 0 fully saturated rings. The van der Waals surface area contributed by atoms with Gasteiger partial charge in [-0.2, -0.15) is 10.4 Å². The van der Waals surface area contributed by atoms with Crippen molar-refractivity contribution in [2.45, 2.75) is 26.3 Å². The number of para-hydroxylation sites is 1. The molecule has 0 spiro atoms. The third kappa shape index (κ3) is 5.77. The first kappa shape index (κ1) is 22.2. The lowest BCUT2D eigenvalue weighted by Gasteiger charge is -2.11. The summed E-state index contributed by atoms with van der Waals surface area (Å²) >= 11 is 6.21. The maximum atomic E-state index is 9.54. The molecule has 0 radical (unpaired) electrons. The van der Waals surface area contributed by atoms with Crippen LogP contribution in [0.5, 0.6) is 0 Å². The van der Waals surface area contributed by atoms with Crippen LogP contribution in [0, 0.1) is 11.3 Å². The maximum Gasteiger partial charge on any atom is 0.191 e. The molecule has 0 saturated heterocycles. The SMILES string of the molecule is CCNC(=NCc1ccccc1Cl)NCCCc1nn(-c2ccccc2)c(N)c1C#N.